The van der Waals surface area contributed by atoms with E-state index in [1.165, 1.54) is 12.1 Å². The van der Waals surface area contributed by atoms with Crippen molar-refractivity contribution < 1.29 is 14.5 Å². The zero-order chi connectivity index (χ0) is 16.8. The largest absolute Gasteiger partial charge is 0.486 e. The number of hydrogen-bond donors (Lipinski definition) is 1. The van der Waals surface area contributed by atoms with Gasteiger partial charge in [-0.05, 0) is 31.7 Å². The molecule has 2 atom stereocenters. The fourth-order valence-electron chi connectivity index (χ4n) is 2.80. The highest BCUT2D eigenvalue weighted by atomic mass is 35.5. The van der Waals surface area contributed by atoms with Crippen LogP contribution in [0.25, 0.3) is 0 Å². The highest BCUT2D eigenvalue weighted by Crippen LogP contribution is 2.26. The number of halogens is 1. The SMILES string of the molecule is CC(N)C1CCCN(C(=O)CCOc2ccccc2[N+](=O)[O-])C1.Cl. The molecule has 1 amide bonds. The van der Waals surface area contributed by atoms with Crippen LogP contribution in [-0.2, 0) is 4.79 Å². The number of nitrogens with two attached hydrogens (primary N) is 1. The van der Waals surface area contributed by atoms with Gasteiger partial charge >= 0.3 is 5.69 Å². The van der Waals surface area contributed by atoms with Crippen molar-refractivity contribution in [1.82, 2.24) is 4.90 Å². The average molecular weight is 358 g/mol. The minimum absolute atomic E-state index is 0. The molecular weight excluding hydrogens is 334 g/mol. The second kappa shape index (κ2) is 9.44. The van der Waals surface area contributed by atoms with Crippen LogP contribution in [0.2, 0.25) is 0 Å². The maximum absolute atomic E-state index is 12.2. The minimum atomic E-state index is -0.491. The number of piperidine rings is 1. The normalized spacial score (nSPS) is 18.4. The molecule has 2 unspecified atom stereocenters. The number of nitro benzene ring substituents is 1. The van der Waals surface area contributed by atoms with E-state index in [4.69, 9.17) is 10.5 Å². The lowest BCUT2D eigenvalue weighted by Crippen LogP contribution is -2.45. The van der Waals surface area contributed by atoms with E-state index >= 15 is 0 Å². The number of ether oxygens (including phenoxy) is 1. The summed E-state index contributed by atoms with van der Waals surface area (Å²) in [5.74, 6) is 0.537. The van der Waals surface area contributed by atoms with Crippen LogP contribution in [0, 0.1) is 16.0 Å². The van der Waals surface area contributed by atoms with Gasteiger partial charge in [-0.2, -0.15) is 0 Å². The second-order valence-electron chi connectivity index (χ2n) is 5.92. The van der Waals surface area contributed by atoms with Gasteiger partial charge in [-0.25, -0.2) is 0 Å². The molecule has 8 heteroatoms. The van der Waals surface area contributed by atoms with Crippen LogP contribution in [-0.4, -0.2) is 41.5 Å². The molecule has 2 rings (SSSR count). The highest BCUT2D eigenvalue weighted by Gasteiger charge is 2.25. The van der Waals surface area contributed by atoms with Gasteiger partial charge in [-0.1, -0.05) is 12.1 Å². The van der Waals surface area contributed by atoms with Crippen LogP contribution in [0.1, 0.15) is 26.2 Å². The second-order valence-corrected chi connectivity index (χ2v) is 5.92. The number of benzene rings is 1. The Hall–Kier alpha value is -1.86. The Labute approximate surface area is 147 Å². The first-order valence-corrected chi connectivity index (χ1v) is 7.88. The lowest BCUT2D eigenvalue weighted by molar-refractivity contribution is -0.385. The third-order valence-corrected chi connectivity index (χ3v) is 4.19. The molecule has 1 aliphatic heterocycles. The summed E-state index contributed by atoms with van der Waals surface area (Å²) in [6.07, 6.45) is 2.22. The molecule has 0 aromatic heterocycles. The van der Waals surface area contributed by atoms with Crippen molar-refractivity contribution in [2.45, 2.75) is 32.2 Å². The highest BCUT2D eigenvalue weighted by molar-refractivity contribution is 5.85. The van der Waals surface area contributed by atoms with Crippen LogP contribution in [0.4, 0.5) is 5.69 Å². The van der Waals surface area contributed by atoms with Crippen molar-refractivity contribution in [3.05, 3.63) is 34.4 Å². The molecule has 7 nitrogen and oxygen atoms in total. The number of hydrogen-bond acceptors (Lipinski definition) is 5. The minimum Gasteiger partial charge on any atom is -0.486 e. The van der Waals surface area contributed by atoms with Crippen molar-refractivity contribution in [1.29, 1.82) is 0 Å². The quantitative estimate of drug-likeness (QED) is 0.622. The molecule has 0 saturated carbocycles. The van der Waals surface area contributed by atoms with Crippen molar-refractivity contribution >= 4 is 24.0 Å². The smallest absolute Gasteiger partial charge is 0.310 e. The fraction of sp³-hybridized carbons (Fsp3) is 0.562. The Bertz CT molecular complexity index is 568. The summed E-state index contributed by atoms with van der Waals surface area (Å²) < 4.78 is 5.42. The van der Waals surface area contributed by atoms with Gasteiger partial charge in [-0.3, -0.25) is 14.9 Å². The van der Waals surface area contributed by atoms with Crippen LogP contribution < -0.4 is 10.5 Å². The molecule has 1 heterocycles. The summed E-state index contributed by atoms with van der Waals surface area (Å²) in [5.41, 5.74) is 5.84. The van der Waals surface area contributed by atoms with Gasteiger partial charge in [0, 0.05) is 25.2 Å². The number of nitro groups is 1. The van der Waals surface area contributed by atoms with Gasteiger partial charge in [0.05, 0.1) is 18.0 Å². The maximum atomic E-state index is 12.2. The molecule has 0 spiro atoms. The van der Waals surface area contributed by atoms with Gasteiger partial charge in [-0.15, -0.1) is 12.4 Å². The maximum Gasteiger partial charge on any atom is 0.310 e. The zero-order valence-electron chi connectivity index (χ0n) is 13.7. The number of nitrogens with zero attached hydrogens (tertiary/aromatic N) is 2. The Balaban J connectivity index is 0.00000288. The summed E-state index contributed by atoms with van der Waals surface area (Å²) in [6.45, 7) is 3.52. The first-order chi connectivity index (χ1) is 11.0. The fourth-order valence-corrected chi connectivity index (χ4v) is 2.80. The van der Waals surface area contributed by atoms with Crippen LogP contribution >= 0.6 is 12.4 Å². The lowest BCUT2D eigenvalue weighted by atomic mass is 9.92. The summed E-state index contributed by atoms with van der Waals surface area (Å²) in [5, 5.41) is 10.9. The molecule has 134 valence electrons. The summed E-state index contributed by atoms with van der Waals surface area (Å²) in [7, 11) is 0. The van der Waals surface area contributed by atoms with Crippen molar-refractivity contribution in [2.24, 2.45) is 11.7 Å². The molecule has 1 aromatic rings. The van der Waals surface area contributed by atoms with E-state index in [0.717, 1.165) is 19.4 Å². The zero-order valence-corrected chi connectivity index (χ0v) is 14.5. The summed E-state index contributed by atoms with van der Waals surface area (Å²) in [4.78, 5) is 24.5. The number of carbonyl (C=O) groups excluding carboxylic acids is 1. The standard InChI is InChI=1S/C16H23N3O4.ClH/c1-12(17)13-5-4-9-18(11-13)16(20)8-10-23-15-7-3-2-6-14(15)19(21)22;/h2-3,6-7,12-13H,4-5,8-11,17H2,1H3;1H. The molecule has 0 radical (unpaired) electrons. The molecule has 2 N–H and O–H groups in total. The lowest BCUT2D eigenvalue weighted by Gasteiger charge is -2.34. The third-order valence-electron chi connectivity index (χ3n) is 4.19. The summed E-state index contributed by atoms with van der Waals surface area (Å²) >= 11 is 0. The Morgan fingerprint density at radius 1 is 1.50 bits per heavy atom. The van der Waals surface area contributed by atoms with Gasteiger partial charge < -0.3 is 15.4 Å². The van der Waals surface area contributed by atoms with Gasteiger partial charge in [0.25, 0.3) is 0 Å². The third kappa shape index (κ3) is 5.35. The van der Waals surface area contributed by atoms with E-state index in [-0.39, 0.29) is 48.8 Å². The molecule has 24 heavy (non-hydrogen) atoms. The van der Waals surface area contributed by atoms with E-state index in [1.807, 2.05) is 11.8 Å². The first kappa shape index (κ1) is 20.2. The summed E-state index contributed by atoms with van der Waals surface area (Å²) in [6, 6.07) is 6.25. The van der Waals surface area contributed by atoms with E-state index in [0.29, 0.717) is 12.5 Å². The van der Waals surface area contributed by atoms with E-state index < -0.39 is 4.92 Å². The van der Waals surface area contributed by atoms with Crippen molar-refractivity contribution in [3.8, 4) is 5.75 Å². The Morgan fingerprint density at radius 2 is 2.21 bits per heavy atom. The predicted molar refractivity (Wildman–Crippen MR) is 93.4 cm³/mol. The Morgan fingerprint density at radius 3 is 2.88 bits per heavy atom. The topological polar surface area (TPSA) is 98.7 Å². The number of carbonyl (C=O) groups is 1. The van der Waals surface area contributed by atoms with E-state index in [1.54, 1.807) is 12.1 Å². The van der Waals surface area contributed by atoms with E-state index in [9.17, 15) is 14.9 Å². The molecular formula is C16H24ClN3O4. The van der Waals surface area contributed by atoms with Gasteiger partial charge in [0.15, 0.2) is 5.75 Å². The van der Waals surface area contributed by atoms with Crippen molar-refractivity contribution in [3.63, 3.8) is 0 Å². The van der Waals surface area contributed by atoms with Crippen LogP contribution in [0.15, 0.2) is 24.3 Å². The Kier molecular flexibility index (Phi) is 7.94. The molecule has 0 aliphatic carbocycles. The number of likely N-dealkylation sites (tertiary alicyclic amines) is 1. The van der Waals surface area contributed by atoms with Crippen LogP contribution in [0.5, 0.6) is 5.75 Å². The van der Waals surface area contributed by atoms with Gasteiger partial charge in [0.2, 0.25) is 5.91 Å². The molecule has 1 fully saturated rings. The van der Waals surface area contributed by atoms with Gasteiger partial charge in [0.1, 0.15) is 0 Å². The van der Waals surface area contributed by atoms with Crippen molar-refractivity contribution in [2.75, 3.05) is 19.7 Å². The molecule has 1 aromatic carbocycles. The average Bonchev–Trinajstić information content (AvgIpc) is 2.55. The predicted octanol–water partition coefficient (Wildman–Crippen LogP) is 2.37. The van der Waals surface area contributed by atoms with Crippen LogP contribution in [0.3, 0.4) is 0 Å². The monoisotopic (exact) mass is 357 g/mol. The molecule has 0 bridgehead atoms. The number of rotatable bonds is 6. The van der Waals surface area contributed by atoms with E-state index in [2.05, 4.69) is 0 Å². The molecule has 1 saturated heterocycles. The number of amides is 1. The number of para-hydroxylation sites is 2. The molecule has 1 aliphatic rings. The first-order valence-electron chi connectivity index (χ1n) is 7.88.